The van der Waals surface area contributed by atoms with Gasteiger partial charge in [0, 0.05) is 36.2 Å². The Morgan fingerprint density at radius 1 is 0.845 bits per heavy atom. The summed E-state index contributed by atoms with van der Waals surface area (Å²) in [4.78, 5) is 75.2. The number of hydrogen-bond acceptors (Lipinski definition) is 11. The Kier molecular flexibility index (Phi) is 34.0. The number of hydrogen-bond donors (Lipinski definition) is 4. The van der Waals surface area contributed by atoms with Crippen LogP contribution in [0.5, 0.6) is 0 Å². The monoisotopic (exact) mass is 861 g/mol. The van der Waals surface area contributed by atoms with Gasteiger partial charge in [0.05, 0.1) is 31.8 Å². The van der Waals surface area contributed by atoms with Crippen LogP contribution in [0.4, 0.5) is 0 Å². The van der Waals surface area contributed by atoms with Crippen LogP contribution in [-0.4, -0.2) is 114 Å². The summed E-state index contributed by atoms with van der Waals surface area (Å²) in [7, 11) is 6.54. The van der Waals surface area contributed by atoms with Gasteiger partial charge in [-0.05, 0) is 64.4 Å². The molecular weight excluding hydrogens is 777 g/mol. The van der Waals surface area contributed by atoms with Crippen LogP contribution < -0.4 is 22.1 Å². The molecule has 6 N–H and O–H groups in total. The van der Waals surface area contributed by atoms with Gasteiger partial charge in [-0.1, -0.05) is 123 Å². The standard InChI is InChI=1S/C21H39N3O4S2.C15H27N3O3.C4H10.C3H8/c1-10-28-20(27)15(6)11-16(13(2)3)24(9)17(25)12-23-19(26)18(22)21(7,8)30-29-14(4)5;1-10(11(2)19)7-8-18(6)14(21)13(15(3,4)5)17-12(20)9-16;1-4(2)3;1-3-2/h11,13-14,16,18H,10,12,22H2,1-9H3,(H,23,26);7,13H,8-9,16H2,1-6H3,(H,17,20);4H,1-3H3;3H2,1-2H3/b15-11+;10-7+;;/t16-,18?;13-;;/m11../s1. The first-order chi connectivity index (χ1) is 26.4. The van der Waals surface area contributed by atoms with Crippen LogP contribution in [0, 0.1) is 17.3 Å². The number of nitrogens with two attached hydrogens (primary N) is 2. The fourth-order valence-corrected chi connectivity index (χ4v) is 6.35. The van der Waals surface area contributed by atoms with Crippen molar-refractivity contribution >= 4 is 57.0 Å². The van der Waals surface area contributed by atoms with Crippen LogP contribution in [-0.2, 0) is 33.5 Å². The SMILES string of the molecule is CC(=O)/C(C)=C/CN(C)C(=O)[C@@H](NC(=O)CN)C(C)(C)C.CC(C)C.CCC.CCOC(=O)/C(C)=C/[C@H](C(C)C)N(C)C(=O)CNC(=O)C(N)C(C)(C)SSC(C)C. The maximum Gasteiger partial charge on any atom is 0.333 e. The zero-order valence-electron chi connectivity index (χ0n) is 39.9. The van der Waals surface area contributed by atoms with Gasteiger partial charge in [-0.2, -0.15) is 0 Å². The van der Waals surface area contributed by atoms with Crippen molar-refractivity contribution in [1.82, 2.24) is 20.4 Å². The van der Waals surface area contributed by atoms with E-state index >= 15 is 0 Å². The molecule has 58 heavy (non-hydrogen) atoms. The quantitative estimate of drug-likeness (QED) is 0.0665. The predicted octanol–water partition coefficient (Wildman–Crippen LogP) is 6.54. The van der Waals surface area contributed by atoms with E-state index < -0.39 is 28.2 Å². The maximum atomic E-state index is 12.7. The Morgan fingerprint density at radius 3 is 1.71 bits per heavy atom. The van der Waals surface area contributed by atoms with Gasteiger partial charge in [0.15, 0.2) is 5.78 Å². The largest absolute Gasteiger partial charge is 0.463 e. The predicted molar refractivity (Wildman–Crippen MR) is 246 cm³/mol. The molecule has 0 fully saturated rings. The van der Waals surface area contributed by atoms with E-state index in [4.69, 9.17) is 16.2 Å². The third-order valence-corrected chi connectivity index (χ3v) is 11.5. The van der Waals surface area contributed by atoms with Crippen molar-refractivity contribution in [1.29, 1.82) is 0 Å². The number of amides is 4. The van der Waals surface area contributed by atoms with E-state index in [1.807, 2.05) is 48.5 Å². The normalized spacial score (nSPS) is 13.3. The second kappa shape index (κ2) is 32.0. The van der Waals surface area contributed by atoms with Crippen LogP contribution in [0.3, 0.4) is 0 Å². The smallest absolute Gasteiger partial charge is 0.333 e. The first-order valence-corrected chi connectivity index (χ1v) is 22.5. The molecule has 15 heteroatoms. The Balaban J connectivity index is -0.000000450. The van der Waals surface area contributed by atoms with Gasteiger partial charge in [0.2, 0.25) is 23.6 Å². The third-order valence-electron chi connectivity index (χ3n) is 7.65. The number of likely N-dealkylation sites (N-methyl/N-ethyl adjacent to an activating group) is 2. The minimum absolute atomic E-state index is 0.0281. The van der Waals surface area contributed by atoms with E-state index in [0.717, 1.165) is 5.92 Å². The lowest BCUT2D eigenvalue weighted by Gasteiger charge is -2.33. The average Bonchev–Trinajstić information content (AvgIpc) is 3.11. The minimum atomic E-state index is -0.751. The minimum Gasteiger partial charge on any atom is -0.463 e. The zero-order chi connectivity index (χ0) is 46.7. The second-order valence-corrected chi connectivity index (χ2v) is 20.4. The van der Waals surface area contributed by atoms with Crippen LogP contribution >= 0.6 is 21.6 Å². The Morgan fingerprint density at radius 2 is 1.33 bits per heavy atom. The number of Topliss-reactive ketones (excluding diaryl/α,β-unsaturated/α-hetero) is 1. The molecule has 0 aromatic heterocycles. The van der Waals surface area contributed by atoms with E-state index in [0.29, 0.717) is 29.5 Å². The molecule has 0 radical (unpaired) electrons. The molecule has 0 saturated carbocycles. The molecule has 0 spiro atoms. The summed E-state index contributed by atoms with van der Waals surface area (Å²) < 4.78 is 4.53. The molecule has 1 unspecified atom stereocenters. The van der Waals surface area contributed by atoms with Crippen LogP contribution in [0.1, 0.15) is 131 Å². The summed E-state index contributed by atoms with van der Waals surface area (Å²) >= 11 is 0. The van der Waals surface area contributed by atoms with Crippen molar-refractivity contribution < 1.29 is 33.5 Å². The van der Waals surface area contributed by atoms with Gasteiger partial charge in [-0.25, -0.2) is 4.79 Å². The maximum absolute atomic E-state index is 12.7. The van der Waals surface area contributed by atoms with Crippen molar-refractivity contribution in [2.75, 3.05) is 40.3 Å². The first kappa shape index (κ1) is 61.8. The van der Waals surface area contributed by atoms with Crippen molar-refractivity contribution in [3.63, 3.8) is 0 Å². The highest BCUT2D eigenvalue weighted by molar-refractivity contribution is 8.77. The van der Waals surface area contributed by atoms with Gasteiger partial charge >= 0.3 is 5.97 Å². The average molecular weight is 861 g/mol. The highest BCUT2D eigenvalue weighted by Crippen LogP contribution is 2.39. The summed E-state index contributed by atoms with van der Waals surface area (Å²) in [6, 6.07) is -1.72. The number of nitrogens with zero attached hydrogens (tertiary/aromatic N) is 2. The summed E-state index contributed by atoms with van der Waals surface area (Å²) in [6.45, 7) is 35.2. The molecule has 13 nitrogen and oxygen atoms in total. The molecule has 0 aliphatic heterocycles. The molecule has 0 saturated heterocycles. The van der Waals surface area contributed by atoms with Gasteiger partial charge in [0.1, 0.15) is 6.04 Å². The summed E-state index contributed by atoms with van der Waals surface area (Å²) in [5.74, 6) is -0.724. The number of allylic oxidation sites excluding steroid dienone is 1. The number of ether oxygens (including phenoxy) is 1. The van der Waals surface area contributed by atoms with Crippen molar-refractivity contribution in [2.45, 2.75) is 159 Å². The fraction of sp³-hybridized carbons (Fsp3) is 0.767. The Labute approximate surface area is 361 Å². The van der Waals surface area contributed by atoms with Crippen LogP contribution in [0.25, 0.3) is 0 Å². The topological polar surface area (TPSA) is 194 Å². The highest BCUT2D eigenvalue weighted by atomic mass is 33.1. The molecule has 0 aromatic carbocycles. The number of carbonyl (C=O) groups excluding carboxylic acids is 6. The van der Waals surface area contributed by atoms with Crippen LogP contribution in [0.2, 0.25) is 0 Å². The molecule has 0 rings (SSSR count). The molecule has 0 aliphatic rings. The number of nitrogens with one attached hydrogen (secondary N) is 2. The molecule has 0 aliphatic carbocycles. The van der Waals surface area contributed by atoms with Crippen LogP contribution in [0.15, 0.2) is 23.3 Å². The van der Waals surface area contributed by atoms with Crippen molar-refractivity contribution in [3.05, 3.63) is 23.3 Å². The number of carbonyl (C=O) groups is 6. The summed E-state index contributed by atoms with van der Waals surface area (Å²) in [5.41, 5.74) is 12.1. The van der Waals surface area contributed by atoms with Crippen molar-refractivity contribution in [2.24, 2.45) is 28.7 Å². The van der Waals surface area contributed by atoms with Gasteiger partial charge in [0.25, 0.3) is 0 Å². The number of esters is 1. The first-order valence-electron chi connectivity index (χ1n) is 20.3. The lowest BCUT2D eigenvalue weighted by molar-refractivity contribution is -0.138. The summed E-state index contributed by atoms with van der Waals surface area (Å²) in [6.07, 6.45) is 4.68. The number of rotatable bonds is 18. The molecule has 0 bridgehead atoms. The van der Waals surface area contributed by atoms with Gasteiger partial charge < -0.3 is 36.6 Å². The van der Waals surface area contributed by atoms with Crippen molar-refractivity contribution in [3.8, 4) is 0 Å². The van der Waals surface area contributed by atoms with E-state index in [1.54, 1.807) is 68.6 Å². The van der Waals surface area contributed by atoms with Gasteiger partial charge in [-0.15, -0.1) is 0 Å². The number of ketones is 1. The molecule has 0 heterocycles. The lowest BCUT2D eigenvalue weighted by Crippen LogP contribution is -2.55. The highest BCUT2D eigenvalue weighted by Gasteiger charge is 2.35. The Bertz CT molecular complexity index is 1310. The zero-order valence-corrected chi connectivity index (χ0v) is 41.5. The third kappa shape index (κ3) is 29.3. The molecular formula is C43H84N6O7S2. The molecule has 4 amide bonds. The van der Waals surface area contributed by atoms with E-state index in [9.17, 15) is 28.8 Å². The lowest BCUT2D eigenvalue weighted by atomic mass is 9.85. The molecule has 0 aromatic rings. The van der Waals surface area contributed by atoms with Gasteiger partial charge in [-0.3, -0.25) is 24.0 Å². The molecule has 340 valence electrons. The van der Waals surface area contributed by atoms with E-state index in [-0.39, 0.29) is 54.5 Å². The van der Waals surface area contributed by atoms with E-state index in [1.165, 1.54) is 23.1 Å². The Hall–Kier alpha value is -2.88. The molecule has 3 atom stereocenters. The summed E-state index contributed by atoms with van der Waals surface area (Å²) in [5, 5.41) is 5.73. The fourth-order valence-electron chi connectivity index (χ4n) is 4.07. The second-order valence-electron chi connectivity index (χ2n) is 17.0. The van der Waals surface area contributed by atoms with E-state index in [2.05, 4.69) is 59.1 Å².